The Balaban J connectivity index is 2.10. The van der Waals surface area contributed by atoms with Gasteiger partial charge in [-0.3, -0.25) is 0 Å². The van der Waals surface area contributed by atoms with Crippen molar-refractivity contribution in [3.05, 3.63) is 53.6 Å². The summed E-state index contributed by atoms with van der Waals surface area (Å²) < 4.78 is 37.1. The number of alkyl halides is 3. The second kappa shape index (κ2) is 4.81. The first-order chi connectivity index (χ1) is 8.47. The number of hydrogen-bond donors (Lipinski definition) is 2. The number of aromatic amines is 1. The summed E-state index contributed by atoms with van der Waals surface area (Å²) >= 11 is 0. The molecule has 1 heterocycles. The Morgan fingerprint density at radius 1 is 1.22 bits per heavy atom. The molecule has 3 nitrogen and oxygen atoms in total. The number of nitrogens with two attached hydrogens (primary N) is 1. The molecule has 1 unspecified atom stereocenters. The molecule has 0 amide bonds. The minimum Gasteiger partial charge on any atom is -0.349 e. The highest BCUT2D eigenvalue weighted by Gasteiger charge is 2.30. The SMILES string of the molecule is NC(Cc1ncc[nH]1)c1ccc(C(F)(F)F)cc1. The second-order valence-electron chi connectivity index (χ2n) is 3.97. The molecule has 0 radical (unpaired) electrons. The van der Waals surface area contributed by atoms with Crippen LogP contribution in [0.5, 0.6) is 0 Å². The predicted octanol–water partition coefficient (Wildman–Crippen LogP) is 2.67. The van der Waals surface area contributed by atoms with Crippen molar-refractivity contribution in [1.82, 2.24) is 9.97 Å². The van der Waals surface area contributed by atoms with Gasteiger partial charge in [0.05, 0.1) is 5.56 Å². The molecule has 0 aliphatic heterocycles. The van der Waals surface area contributed by atoms with E-state index in [9.17, 15) is 13.2 Å². The molecule has 0 fully saturated rings. The van der Waals surface area contributed by atoms with E-state index in [1.54, 1.807) is 12.4 Å². The Bertz CT molecular complexity index is 488. The molecule has 0 bridgehead atoms. The van der Waals surface area contributed by atoms with Gasteiger partial charge in [0, 0.05) is 24.9 Å². The average Bonchev–Trinajstić information content (AvgIpc) is 2.81. The molecule has 1 aromatic carbocycles. The fourth-order valence-corrected chi connectivity index (χ4v) is 1.66. The zero-order chi connectivity index (χ0) is 13.2. The molecular weight excluding hydrogens is 243 g/mol. The first kappa shape index (κ1) is 12.6. The summed E-state index contributed by atoms with van der Waals surface area (Å²) in [5.74, 6) is 0.711. The van der Waals surface area contributed by atoms with Gasteiger partial charge in [0.1, 0.15) is 5.82 Å². The third-order valence-electron chi connectivity index (χ3n) is 2.63. The summed E-state index contributed by atoms with van der Waals surface area (Å²) in [5, 5.41) is 0. The zero-order valence-electron chi connectivity index (χ0n) is 9.41. The van der Waals surface area contributed by atoms with Gasteiger partial charge >= 0.3 is 6.18 Å². The highest BCUT2D eigenvalue weighted by molar-refractivity contribution is 5.27. The van der Waals surface area contributed by atoms with Gasteiger partial charge in [-0.05, 0) is 17.7 Å². The maximum absolute atomic E-state index is 12.4. The molecule has 3 N–H and O–H groups in total. The molecule has 0 spiro atoms. The Labute approximate surface area is 102 Å². The number of hydrogen-bond acceptors (Lipinski definition) is 2. The molecule has 0 saturated heterocycles. The normalized spacial score (nSPS) is 13.6. The molecule has 18 heavy (non-hydrogen) atoms. The Morgan fingerprint density at radius 2 is 1.89 bits per heavy atom. The highest BCUT2D eigenvalue weighted by atomic mass is 19.4. The summed E-state index contributed by atoms with van der Waals surface area (Å²) in [6.45, 7) is 0. The summed E-state index contributed by atoms with van der Waals surface area (Å²) in [6, 6.07) is 4.50. The number of nitrogens with zero attached hydrogens (tertiary/aromatic N) is 1. The molecule has 0 aliphatic carbocycles. The Hall–Kier alpha value is -1.82. The number of imidazole rings is 1. The van der Waals surface area contributed by atoms with Gasteiger partial charge in [-0.1, -0.05) is 12.1 Å². The fraction of sp³-hybridized carbons (Fsp3) is 0.250. The number of aromatic nitrogens is 2. The number of H-pyrrole nitrogens is 1. The predicted molar refractivity (Wildman–Crippen MR) is 60.7 cm³/mol. The maximum Gasteiger partial charge on any atom is 0.416 e. The molecule has 1 aromatic heterocycles. The van der Waals surface area contributed by atoms with Gasteiger partial charge in [0.15, 0.2) is 0 Å². The van der Waals surface area contributed by atoms with E-state index in [1.165, 1.54) is 12.1 Å². The van der Waals surface area contributed by atoms with Gasteiger partial charge in [-0.15, -0.1) is 0 Å². The van der Waals surface area contributed by atoms with E-state index in [4.69, 9.17) is 5.73 Å². The molecule has 1 atom stereocenters. The van der Waals surface area contributed by atoms with E-state index in [-0.39, 0.29) is 6.04 Å². The minimum atomic E-state index is -4.32. The summed E-state index contributed by atoms with van der Waals surface area (Å²) in [4.78, 5) is 6.93. The lowest BCUT2D eigenvalue weighted by molar-refractivity contribution is -0.137. The van der Waals surface area contributed by atoms with Gasteiger partial charge in [-0.25, -0.2) is 4.98 Å². The van der Waals surface area contributed by atoms with Crippen LogP contribution in [-0.4, -0.2) is 9.97 Å². The van der Waals surface area contributed by atoms with E-state index < -0.39 is 11.7 Å². The van der Waals surface area contributed by atoms with Crippen molar-refractivity contribution in [1.29, 1.82) is 0 Å². The van der Waals surface area contributed by atoms with E-state index in [1.807, 2.05) is 0 Å². The highest BCUT2D eigenvalue weighted by Crippen LogP contribution is 2.29. The van der Waals surface area contributed by atoms with E-state index in [2.05, 4.69) is 9.97 Å². The molecule has 96 valence electrons. The third kappa shape index (κ3) is 2.89. The lowest BCUT2D eigenvalue weighted by atomic mass is 10.0. The van der Waals surface area contributed by atoms with Crippen molar-refractivity contribution in [2.24, 2.45) is 5.73 Å². The van der Waals surface area contributed by atoms with Crippen molar-refractivity contribution < 1.29 is 13.2 Å². The van der Waals surface area contributed by atoms with Crippen LogP contribution in [-0.2, 0) is 12.6 Å². The standard InChI is InChI=1S/C12H12F3N3/c13-12(14,15)9-3-1-8(2-4-9)10(16)7-11-17-5-6-18-11/h1-6,10H,7,16H2,(H,17,18). The first-order valence-electron chi connectivity index (χ1n) is 5.38. The van der Waals surface area contributed by atoms with Crippen molar-refractivity contribution in [3.63, 3.8) is 0 Å². The topological polar surface area (TPSA) is 54.7 Å². The smallest absolute Gasteiger partial charge is 0.349 e. The molecule has 2 aromatic rings. The monoisotopic (exact) mass is 255 g/mol. The number of benzene rings is 1. The van der Waals surface area contributed by atoms with Crippen LogP contribution < -0.4 is 5.73 Å². The largest absolute Gasteiger partial charge is 0.416 e. The van der Waals surface area contributed by atoms with Crippen molar-refractivity contribution in [2.45, 2.75) is 18.6 Å². The fourth-order valence-electron chi connectivity index (χ4n) is 1.66. The Kier molecular flexibility index (Phi) is 3.38. The summed E-state index contributed by atoms with van der Waals surface area (Å²) in [7, 11) is 0. The van der Waals surface area contributed by atoms with Crippen LogP contribution in [0.1, 0.15) is 23.0 Å². The lowest BCUT2D eigenvalue weighted by Crippen LogP contribution is -2.14. The van der Waals surface area contributed by atoms with Crippen LogP contribution in [0.2, 0.25) is 0 Å². The van der Waals surface area contributed by atoms with Crippen molar-refractivity contribution >= 4 is 0 Å². The molecular formula is C12H12F3N3. The van der Waals surface area contributed by atoms with Crippen LogP contribution in [0.3, 0.4) is 0 Å². The van der Waals surface area contributed by atoms with Crippen molar-refractivity contribution in [2.75, 3.05) is 0 Å². The molecule has 2 rings (SSSR count). The maximum atomic E-state index is 12.4. The van der Waals surface area contributed by atoms with Crippen LogP contribution in [0.25, 0.3) is 0 Å². The number of nitrogens with one attached hydrogen (secondary N) is 1. The number of rotatable bonds is 3. The number of halogens is 3. The third-order valence-corrected chi connectivity index (χ3v) is 2.63. The quantitative estimate of drug-likeness (QED) is 0.885. The van der Waals surface area contributed by atoms with Gasteiger partial charge in [-0.2, -0.15) is 13.2 Å². The molecule has 0 aliphatic rings. The average molecular weight is 255 g/mol. The van der Waals surface area contributed by atoms with Crippen LogP contribution in [0.4, 0.5) is 13.2 Å². The second-order valence-corrected chi connectivity index (χ2v) is 3.97. The lowest BCUT2D eigenvalue weighted by Gasteiger charge is -2.12. The molecule has 0 saturated carbocycles. The van der Waals surface area contributed by atoms with Gasteiger partial charge in [0.25, 0.3) is 0 Å². The van der Waals surface area contributed by atoms with Crippen LogP contribution in [0.15, 0.2) is 36.7 Å². The van der Waals surface area contributed by atoms with Crippen LogP contribution >= 0.6 is 0 Å². The van der Waals surface area contributed by atoms with E-state index in [0.717, 1.165) is 12.1 Å². The van der Waals surface area contributed by atoms with Crippen LogP contribution in [0, 0.1) is 0 Å². The first-order valence-corrected chi connectivity index (χ1v) is 5.38. The van der Waals surface area contributed by atoms with E-state index >= 15 is 0 Å². The van der Waals surface area contributed by atoms with E-state index in [0.29, 0.717) is 17.8 Å². The van der Waals surface area contributed by atoms with Gasteiger partial charge in [0.2, 0.25) is 0 Å². The summed E-state index contributed by atoms with van der Waals surface area (Å²) in [6.07, 6.45) is -0.578. The summed E-state index contributed by atoms with van der Waals surface area (Å²) in [5.41, 5.74) is 5.89. The van der Waals surface area contributed by atoms with Crippen molar-refractivity contribution in [3.8, 4) is 0 Å². The minimum absolute atomic E-state index is 0.376. The zero-order valence-corrected chi connectivity index (χ0v) is 9.41. The molecule has 6 heteroatoms. The Morgan fingerprint density at radius 3 is 2.39 bits per heavy atom. The van der Waals surface area contributed by atoms with Gasteiger partial charge < -0.3 is 10.7 Å².